The molecule has 0 aromatic carbocycles. The highest BCUT2D eigenvalue weighted by atomic mass is 35.5. The molecule has 0 bridgehead atoms. The monoisotopic (exact) mass is 218 g/mol. The topological polar surface area (TPSA) is 52.6 Å². The molecule has 14 heavy (non-hydrogen) atoms. The van der Waals surface area contributed by atoms with Crippen molar-refractivity contribution in [3.8, 4) is 0 Å². The number of carbonyl (C=O) groups is 2. The fraction of sp³-hybridized carbons (Fsp3) is 0.333. The van der Waals surface area contributed by atoms with Gasteiger partial charge in [0.1, 0.15) is 12.7 Å². The van der Waals surface area contributed by atoms with Gasteiger partial charge in [-0.3, -0.25) is 0 Å². The van der Waals surface area contributed by atoms with E-state index in [4.69, 9.17) is 16.3 Å². The first-order valence-corrected chi connectivity index (χ1v) is 4.35. The highest BCUT2D eigenvalue weighted by molar-refractivity contribution is 6.18. The summed E-state index contributed by atoms with van der Waals surface area (Å²) in [4.78, 5) is 21.4. The molecule has 0 radical (unpaired) electrons. The number of alkyl halides is 1. The summed E-state index contributed by atoms with van der Waals surface area (Å²) in [6, 6.07) is 0. The first-order valence-electron chi connectivity index (χ1n) is 3.82. The van der Waals surface area contributed by atoms with Crippen LogP contribution in [0.25, 0.3) is 0 Å². The Labute approximate surface area is 87.1 Å². The van der Waals surface area contributed by atoms with Crippen molar-refractivity contribution in [1.29, 1.82) is 0 Å². The van der Waals surface area contributed by atoms with E-state index < -0.39 is 18.0 Å². The molecule has 1 atom stereocenters. The molecule has 0 fully saturated rings. The summed E-state index contributed by atoms with van der Waals surface area (Å²) in [7, 11) is 0. The number of hydrogen-bond donors (Lipinski definition) is 0. The summed E-state index contributed by atoms with van der Waals surface area (Å²) >= 11 is 5.47. The second-order valence-corrected chi connectivity index (χ2v) is 2.56. The lowest BCUT2D eigenvalue weighted by atomic mass is 10.4. The molecule has 4 nitrogen and oxygen atoms in total. The van der Waals surface area contributed by atoms with E-state index in [0.717, 1.165) is 12.2 Å². The van der Waals surface area contributed by atoms with E-state index in [1.54, 1.807) is 0 Å². The Hall–Kier alpha value is -1.29. The molecule has 0 amide bonds. The van der Waals surface area contributed by atoms with Crippen LogP contribution >= 0.6 is 11.6 Å². The number of esters is 2. The second-order valence-electron chi connectivity index (χ2n) is 2.25. The molecule has 0 N–H and O–H groups in total. The lowest BCUT2D eigenvalue weighted by Gasteiger charge is -2.13. The van der Waals surface area contributed by atoms with Gasteiger partial charge >= 0.3 is 11.9 Å². The number of rotatable bonds is 6. The lowest BCUT2D eigenvalue weighted by Crippen LogP contribution is -2.25. The third-order valence-electron chi connectivity index (χ3n) is 1.20. The van der Waals surface area contributed by atoms with Crippen LogP contribution in [0, 0.1) is 0 Å². The van der Waals surface area contributed by atoms with Gasteiger partial charge in [0.2, 0.25) is 0 Å². The van der Waals surface area contributed by atoms with Crippen molar-refractivity contribution in [2.75, 3.05) is 12.5 Å². The van der Waals surface area contributed by atoms with Crippen LogP contribution in [-0.4, -0.2) is 30.5 Å². The minimum Gasteiger partial charge on any atom is -0.459 e. The van der Waals surface area contributed by atoms with Crippen molar-refractivity contribution >= 4 is 23.5 Å². The van der Waals surface area contributed by atoms with Crippen molar-refractivity contribution in [3.05, 3.63) is 25.3 Å². The molecule has 1 unspecified atom stereocenters. The average molecular weight is 219 g/mol. The molecule has 0 rings (SSSR count). The Morgan fingerprint density at radius 1 is 1.29 bits per heavy atom. The molecule has 0 saturated carbocycles. The zero-order valence-electron chi connectivity index (χ0n) is 7.57. The van der Waals surface area contributed by atoms with E-state index in [1.807, 2.05) is 0 Å². The van der Waals surface area contributed by atoms with E-state index in [0.29, 0.717) is 0 Å². The second kappa shape index (κ2) is 7.15. The van der Waals surface area contributed by atoms with Gasteiger partial charge in [-0.15, -0.1) is 11.6 Å². The number of hydrogen-bond acceptors (Lipinski definition) is 4. The Bertz CT molecular complexity index is 237. The summed E-state index contributed by atoms with van der Waals surface area (Å²) in [6.07, 6.45) is 1.36. The normalized spacial score (nSPS) is 11.2. The summed E-state index contributed by atoms with van der Waals surface area (Å²) < 4.78 is 9.38. The molecular formula is C9H11ClO4. The van der Waals surface area contributed by atoms with Gasteiger partial charge in [0.25, 0.3) is 0 Å². The fourth-order valence-corrected chi connectivity index (χ4v) is 0.709. The highest BCUT2D eigenvalue weighted by Gasteiger charge is 2.13. The molecule has 0 aliphatic rings. The van der Waals surface area contributed by atoms with Gasteiger partial charge < -0.3 is 9.47 Å². The molecule has 0 heterocycles. The van der Waals surface area contributed by atoms with E-state index in [-0.39, 0.29) is 12.5 Å². The molecule has 78 valence electrons. The summed E-state index contributed by atoms with van der Waals surface area (Å²) in [5, 5.41) is 0. The minimum atomic E-state index is -0.661. The van der Waals surface area contributed by atoms with Gasteiger partial charge in [0.15, 0.2) is 0 Å². The van der Waals surface area contributed by atoms with Crippen LogP contribution in [0.4, 0.5) is 0 Å². The summed E-state index contributed by atoms with van der Waals surface area (Å²) in [5.41, 5.74) is 0. The van der Waals surface area contributed by atoms with Crippen LogP contribution in [0.2, 0.25) is 0 Å². The number of halogens is 1. The maximum Gasteiger partial charge on any atom is 0.330 e. The summed E-state index contributed by atoms with van der Waals surface area (Å²) in [5.74, 6) is -1.15. The van der Waals surface area contributed by atoms with Crippen LogP contribution in [0.15, 0.2) is 25.3 Å². The molecule has 0 aliphatic carbocycles. The minimum absolute atomic E-state index is 0.0456. The van der Waals surface area contributed by atoms with Crippen LogP contribution in [-0.2, 0) is 19.1 Å². The third-order valence-corrected chi connectivity index (χ3v) is 1.54. The first-order chi connectivity index (χ1) is 6.63. The Balaban J connectivity index is 3.90. The van der Waals surface area contributed by atoms with Gasteiger partial charge in [0, 0.05) is 12.2 Å². The van der Waals surface area contributed by atoms with Crippen LogP contribution in [0.3, 0.4) is 0 Å². The van der Waals surface area contributed by atoms with E-state index in [1.165, 1.54) is 0 Å². The zero-order valence-corrected chi connectivity index (χ0v) is 8.33. The van der Waals surface area contributed by atoms with Crippen molar-refractivity contribution in [3.63, 3.8) is 0 Å². The third kappa shape index (κ3) is 5.37. The van der Waals surface area contributed by atoms with Gasteiger partial charge in [-0.05, 0) is 0 Å². The van der Waals surface area contributed by atoms with E-state index in [9.17, 15) is 9.59 Å². The van der Waals surface area contributed by atoms with Gasteiger partial charge in [0.05, 0.1) is 5.88 Å². The van der Waals surface area contributed by atoms with Crippen molar-refractivity contribution in [2.45, 2.75) is 6.10 Å². The smallest absolute Gasteiger partial charge is 0.330 e. The molecule has 0 aromatic rings. The molecule has 5 heteroatoms. The van der Waals surface area contributed by atoms with Crippen molar-refractivity contribution in [1.82, 2.24) is 0 Å². The lowest BCUT2D eigenvalue weighted by molar-refractivity contribution is -0.151. The number of ether oxygens (including phenoxy) is 2. The number of carbonyl (C=O) groups excluding carboxylic acids is 2. The molecular weight excluding hydrogens is 208 g/mol. The van der Waals surface area contributed by atoms with Crippen LogP contribution in [0.1, 0.15) is 0 Å². The molecule has 0 saturated heterocycles. The maximum absolute atomic E-state index is 10.7. The van der Waals surface area contributed by atoms with Crippen molar-refractivity contribution in [2.24, 2.45) is 0 Å². The quantitative estimate of drug-likeness (QED) is 0.380. The Kier molecular flexibility index (Phi) is 6.49. The van der Waals surface area contributed by atoms with Gasteiger partial charge in [-0.2, -0.15) is 0 Å². The molecule has 0 aromatic heterocycles. The molecule has 0 spiro atoms. The van der Waals surface area contributed by atoms with E-state index in [2.05, 4.69) is 17.9 Å². The zero-order chi connectivity index (χ0) is 11.0. The summed E-state index contributed by atoms with van der Waals surface area (Å²) in [6.45, 7) is 6.34. The molecule has 0 aliphatic heterocycles. The Morgan fingerprint density at radius 2 is 1.86 bits per heavy atom. The van der Waals surface area contributed by atoms with Crippen LogP contribution in [0.5, 0.6) is 0 Å². The van der Waals surface area contributed by atoms with E-state index >= 15 is 0 Å². The van der Waals surface area contributed by atoms with Gasteiger partial charge in [-0.25, -0.2) is 9.59 Å². The highest BCUT2D eigenvalue weighted by Crippen LogP contribution is 1.98. The largest absolute Gasteiger partial charge is 0.459 e. The van der Waals surface area contributed by atoms with Crippen LogP contribution < -0.4 is 0 Å². The predicted molar refractivity (Wildman–Crippen MR) is 52.0 cm³/mol. The maximum atomic E-state index is 10.7. The standard InChI is InChI=1S/C9H11ClO4/c1-3-8(11)13-6-7(5-10)14-9(12)4-2/h3-4,7H,1-2,5-6H2. The SMILES string of the molecule is C=CC(=O)OCC(CCl)OC(=O)C=C. The van der Waals surface area contributed by atoms with Crippen molar-refractivity contribution < 1.29 is 19.1 Å². The predicted octanol–water partition coefficient (Wildman–Crippen LogP) is 1.05. The first kappa shape index (κ1) is 12.7. The fourth-order valence-electron chi connectivity index (χ4n) is 0.556. The van der Waals surface area contributed by atoms with Gasteiger partial charge in [-0.1, -0.05) is 13.2 Å². The average Bonchev–Trinajstić information content (AvgIpc) is 2.22. The Morgan fingerprint density at radius 3 is 2.29 bits per heavy atom.